The normalized spacial score (nSPS) is 14.8. The first kappa shape index (κ1) is 24.1. The summed E-state index contributed by atoms with van der Waals surface area (Å²) in [6, 6.07) is 10.2. The highest BCUT2D eigenvalue weighted by Crippen LogP contribution is 2.36. The van der Waals surface area contributed by atoms with Gasteiger partial charge in [0.25, 0.3) is 0 Å². The molecule has 0 amide bonds. The maximum atomic E-state index is 6.20. The second kappa shape index (κ2) is 10.1. The van der Waals surface area contributed by atoms with Crippen LogP contribution in [0.2, 0.25) is 0 Å². The first-order chi connectivity index (χ1) is 16.0. The fraction of sp³-hybridized carbons (Fsp3) is 0.385. The zero-order valence-corrected chi connectivity index (χ0v) is 21.0. The van der Waals surface area contributed by atoms with E-state index in [2.05, 4.69) is 64.3 Å². The molecular formula is C26H32ClN5O2. The van der Waals surface area contributed by atoms with Gasteiger partial charge in [0.15, 0.2) is 11.5 Å². The summed E-state index contributed by atoms with van der Waals surface area (Å²) in [7, 11) is 3.85. The number of aromatic nitrogens is 3. The van der Waals surface area contributed by atoms with Crippen LogP contribution in [0.15, 0.2) is 36.7 Å². The highest BCUT2D eigenvalue weighted by Gasteiger charge is 2.19. The van der Waals surface area contributed by atoms with E-state index in [0.717, 1.165) is 59.6 Å². The van der Waals surface area contributed by atoms with Crippen LogP contribution in [0.25, 0.3) is 21.8 Å². The summed E-state index contributed by atoms with van der Waals surface area (Å²) in [5.74, 6) is 2.73. The number of nitrogens with one attached hydrogen (secondary N) is 2. The number of aryl methyl sites for hydroxylation is 2. The molecule has 7 nitrogen and oxygen atoms in total. The van der Waals surface area contributed by atoms with Crippen LogP contribution in [0.5, 0.6) is 11.5 Å². The predicted molar refractivity (Wildman–Crippen MR) is 140 cm³/mol. The minimum absolute atomic E-state index is 0. The highest BCUT2D eigenvalue weighted by atomic mass is 35.5. The van der Waals surface area contributed by atoms with Gasteiger partial charge in [-0.2, -0.15) is 0 Å². The summed E-state index contributed by atoms with van der Waals surface area (Å²) in [6.45, 7) is 7.17. The average Bonchev–Trinajstić information content (AvgIpc) is 3.11. The number of anilines is 2. The van der Waals surface area contributed by atoms with E-state index in [1.165, 1.54) is 16.6 Å². The van der Waals surface area contributed by atoms with Gasteiger partial charge in [-0.05, 0) is 82.6 Å². The summed E-state index contributed by atoms with van der Waals surface area (Å²) in [4.78, 5) is 14.8. The molecule has 1 aliphatic heterocycles. The maximum Gasteiger partial charge on any atom is 0.163 e. The minimum atomic E-state index is 0. The Bertz CT molecular complexity index is 1300. The molecule has 2 N–H and O–H groups in total. The van der Waals surface area contributed by atoms with E-state index in [0.29, 0.717) is 18.3 Å². The SMILES string of the molecule is COc1cc2c(Nc3ccc4[nH]c(C)c(C)c4c3)ncnc2cc1OCC1CCN(C)CC1.Cl. The lowest BCUT2D eigenvalue weighted by Gasteiger charge is -2.28. The Kier molecular flexibility index (Phi) is 7.14. The Morgan fingerprint density at radius 2 is 1.85 bits per heavy atom. The molecule has 34 heavy (non-hydrogen) atoms. The van der Waals surface area contributed by atoms with Crippen molar-refractivity contribution < 1.29 is 9.47 Å². The van der Waals surface area contributed by atoms with Crippen LogP contribution in [0.3, 0.4) is 0 Å². The number of rotatable bonds is 6. The molecule has 1 aliphatic rings. The van der Waals surface area contributed by atoms with E-state index in [1.54, 1.807) is 13.4 Å². The van der Waals surface area contributed by atoms with E-state index >= 15 is 0 Å². The number of benzene rings is 2. The van der Waals surface area contributed by atoms with Gasteiger partial charge in [0.2, 0.25) is 0 Å². The second-order valence-electron chi connectivity index (χ2n) is 9.06. The van der Waals surface area contributed by atoms with Gasteiger partial charge in [-0.25, -0.2) is 9.97 Å². The van der Waals surface area contributed by atoms with Crippen LogP contribution in [0, 0.1) is 19.8 Å². The molecule has 3 heterocycles. The number of methoxy groups -OCH3 is 1. The van der Waals surface area contributed by atoms with Crippen LogP contribution in [-0.2, 0) is 0 Å². The molecule has 0 spiro atoms. The number of likely N-dealkylation sites (tertiary alicyclic amines) is 1. The summed E-state index contributed by atoms with van der Waals surface area (Å²) in [5.41, 5.74) is 5.38. The molecule has 0 aliphatic carbocycles. The lowest BCUT2D eigenvalue weighted by molar-refractivity contribution is 0.157. The van der Waals surface area contributed by atoms with Crippen molar-refractivity contribution in [2.24, 2.45) is 5.92 Å². The first-order valence-electron chi connectivity index (χ1n) is 11.5. The van der Waals surface area contributed by atoms with E-state index in [1.807, 2.05) is 12.1 Å². The second-order valence-corrected chi connectivity index (χ2v) is 9.06. The number of hydrogen-bond acceptors (Lipinski definition) is 6. The number of hydrogen-bond donors (Lipinski definition) is 2. The molecule has 4 aromatic rings. The zero-order valence-electron chi connectivity index (χ0n) is 20.1. The standard InChI is InChI=1S/C26H31N5O2.ClH/c1-16-17(2)29-22-6-5-19(11-20(16)22)30-26-21-12-24(32-4)25(13-23(21)27-15-28-26)33-14-18-7-9-31(3)10-8-18;/h5-6,11-13,15,18,29H,7-10,14H2,1-4H3,(H,27,28,30);1H. The summed E-state index contributed by atoms with van der Waals surface area (Å²) >= 11 is 0. The largest absolute Gasteiger partial charge is 0.493 e. The molecule has 0 unspecified atom stereocenters. The first-order valence-corrected chi connectivity index (χ1v) is 11.5. The zero-order chi connectivity index (χ0) is 22.9. The predicted octanol–water partition coefficient (Wildman–Crippen LogP) is 5.62. The monoisotopic (exact) mass is 481 g/mol. The third kappa shape index (κ3) is 4.76. The van der Waals surface area contributed by atoms with Gasteiger partial charge >= 0.3 is 0 Å². The molecule has 2 aromatic carbocycles. The summed E-state index contributed by atoms with van der Waals surface area (Å²) in [6.07, 6.45) is 3.91. The molecule has 1 fully saturated rings. The highest BCUT2D eigenvalue weighted by molar-refractivity contribution is 5.94. The Morgan fingerprint density at radius 3 is 2.62 bits per heavy atom. The average molecular weight is 482 g/mol. The van der Waals surface area contributed by atoms with Crippen molar-refractivity contribution in [3.63, 3.8) is 0 Å². The van der Waals surface area contributed by atoms with Crippen molar-refractivity contribution in [1.29, 1.82) is 0 Å². The van der Waals surface area contributed by atoms with Crippen LogP contribution >= 0.6 is 12.4 Å². The van der Waals surface area contributed by atoms with Gasteiger partial charge in [-0.1, -0.05) is 0 Å². The lowest BCUT2D eigenvalue weighted by Crippen LogP contribution is -2.32. The van der Waals surface area contributed by atoms with Gasteiger partial charge in [0.05, 0.1) is 19.2 Å². The number of halogens is 1. The van der Waals surface area contributed by atoms with E-state index in [-0.39, 0.29) is 12.4 Å². The fourth-order valence-corrected chi connectivity index (χ4v) is 4.55. The molecule has 180 valence electrons. The molecule has 0 atom stereocenters. The van der Waals surface area contributed by atoms with E-state index in [9.17, 15) is 0 Å². The van der Waals surface area contributed by atoms with E-state index < -0.39 is 0 Å². The smallest absolute Gasteiger partial charge is 0.163 e. The van der Waals surface area contributed by atoms with Crippen molar-refractivity contribution in [2.45, 2.75) is 26.7 Å². The van der Waals surface area contributed by atoms with Crippen molar-refractivity contribution in [3.05, 3.63) is 47.9 Å². The molecular weight excluding hydrogens is 450 g/mol. The van der Waals surface area contributed by atoms with Crippen molar-refractivity contribution >= 4 is 45.7 Å². The Balaban J connectivity index is 0.00000274. The van der Waals surface area contributed by atoms with Crippen LogP contribution in [0.4, 0.5) is 11.5 Å². The minimum Gasteiger partial charge on any atom is -0.493 e. The van der Waals surface area contributed by atoms with Crippen LogP contribution in [-0.4, -0.2) is 53.7 Å². The Labute approximate surface area is 206 Å². The van der Waals surface area contributed by atoms with Gasteiger partial charge in [0.1, 0.15) is 12.1 Å². The third-order valence-corrected chi connectivity index (χ3v) is 6.80. The van der Waals surface area contributed by atoms with Crippen LogP contribution < -0.4 is 14.8 Å². The van der Waals surface area contributed by atoms with E-state index in [4.69, 9.17) is 9.47 Å². The third-order valence-electron chi connectivity index (χ3n) is 6.80. The number of H-pyrrole nitrogens is 1. The topological polar surface area (TPSA) is 75.3 Å². The molecule has 0 bridgehead atoms. The van der Waals surface area contributed by atoms with Gasteiger partial charge in [-0.3, -0.25) is 0 Å². The summed E-state index contributed by atoms with van der Waals surface area (Å²) < 4.78 is 11.9. The molecule has 1 saturated heterocycles. The van der Waals surface area contributed by atoms with Crippen LogP contribution in [0.1, 0.15) is 24.1 Å². The number of piperidine rings is 1. The van der Waals surface area contributed by atoms with Crippen molar-refractivity contribution in [3.8, 4) is 11.5 Å². The molecule has 0 saturated carbocycles. The Hall–Kier alpha value is -3.03. The van der Waals surface area contributed by atoms with Crippen molar-refractivity contribution in [2.75, 3.05) is 39.2 Å². The number of fused-ring (bicyclic) bond motifs is 2. The number of ether oxygens (including phenoxy) is 2. The van der Waals surface area contributed by atoms with Gasteiger partial charge < -0.3 is 24.7 Å². The number of nitrogens with zero attached hydrogens (tertiary/aromatic N) is 3. The quantitative estimate of drug-likeness (QED) is 0.372. The van der Waals surface area contributed by atoms with Crippen molar-refractivity contribution in [1.82, 2.24) is 19.9 Å². The number of aromatic amines is 1. The fourth-order valence-electron chi connectivity index (χ4n) is 4.55. The molecule has 2 aromatic heterocycles. The van der Waals surface area contributed by atoms with Gasteiger partial charge in [-0.15, -0.1) is 12.4 Å². The lowest BCUT2D eigenvalue weighted by atomic mass is 9.98. The molecule has 8 heteroatoms. The Morgan fingerprint density at radius 1 is 1.06 bits per heavy atom. The maximum absolute atomic E-state index is 6.20. The molecule has 0 radical (unpaired) electrons. The molecule has 5 rings (SSSR count). The summed E-state index contributed by atoms with van der Waals surface area (Å²) in [5, 5.41) is 5.57. The van der Waals surface area contributed by atoms with Gasteiger partial charge in [0, 0.05) is 33.7 Å².